The molecule has 2 aromatic rings. The Hall–Kier alpha value is -1.85. The van der Waals surface area contributed by atoms with Crippen LogP contribution in [0, 0.1) is 0 Å². The summed E-state index contributed by atoms with van der Waals surface area (Å²) in [6.07, 6.45) is 0. The minimum atomic E-state index is -0.171. The Bertz CT molecular complexity index is 584. The van der Waals surface area contributed by atoms with E-state index in [0.717, 1.165) is 4.47 Å². The van der Waals surface area contributed by atoms with Gasteiger partial charge in [-0.1, -0.05) is 22.0 Å². The summed E-state index contributed by atoms with van der Waals surface area (Å²) in [5, 5.41) is 11.5. The maximum absolute atomic E-state index is 12.0. The van der Waals surface area contributed by atoms with Crippen molar-refractivity contribution in [2.45, 2.75) is 0 Å². The number of carbonyl (C=O) groups excluding carboxylic acids is 1. The van der Waals surface area contributed by atoms with Gasteiger partial charge in [0.25, 0.3) is 5.91 Å². The molecule has 0 aromatic heterocycles. The molecule has 0 fully saturated rings. The first kappa shape index (κ1) is 14.6. The number of hydrogen-bond acceptors (Lipinski definition) is 3. The summed E-state index contributed by atoms with van der Waals surface area (Å²) in [4.78, 5) is 12.0. The lowest BCUT2D eigenvalue weighted by Gasteiger charge is -2.07. The SMILES string of the molecule is O=C(Nc1ccc(OCCO)cc1)c1cccc(Br)c1. The van der Waals surface area contributed by atoms with Crippen LogP contribution in [-0.4, -0.2) is 24.2 Å². The molecule has 104 valence electrons. The van der Waals surface area contributed by atoms with Gasteiger partial charge in [0, 0.05) is 15.7 Å². The number of aliphatic hydroxyl groups is 1. The maximum Gasteiger partial charge on any atom is 0.255 e. The van der Waals surface area contributed by atoms with E-state index in [1.165, 1.54) is 0 Å². The third kappa shape index (κ3) is 4.08. The lowest BCUT2D eigenvalue weighted by atomic mass is 10.2. The molecule has 0 atom stereocenters. The van der Waals surface area contributed by atoms with Gasteiger partial charge in [-0.05, 0) is 42.5 Å². The zero-order valence-corrected chi connectivity index (χ0v) is 12.3. The molecule has 0 saturated carbocycles. The minimum absolute atomic E-state index is 0.0264. The topological polar surface area (TPSA) is 58.6 Å². The van der Waals surface area contributed by atoms with E-state index in [2.05, 4.69) is 21.2 Å². The molecular formula is C15H14BrNO3. The smallest absolute Gasteiger partial charge is 0.255 e. The molecule has 5 heteroatoms. The molecule has 2 aromatic carbocycles. The molecule has 0 saturated heterocycles. The molecule has 2 N–H and O–H groups in total. The Labute approximate surface area is 125 Å². The van der Waals surface area contributed by atoms with Crippen LogP contribution < -0.4 is 10.1 Å². The average Bonchev–Trinajstić information content (AvgIpc) is 2.46. The highest BCUT2D eigenvalue weighted by molar-refractivity contribution is 9.10. The predicted molar refractivity (Wildman–Crippen MR) is 81.1 cm³/mol. The number of nitrogens with one attached hydrogen (secondary N) is 1. The molecule has 0 heterocycles. The summed E-state index contributed by atoms with van der Waals surface area (Å²) in [7, 11) is 0. The lowest BCUT2D eigenvalue weighted by molar-refractivity contribution is 0.102. The molecule has 0 bridgehead atoms. The maximum atomic E-state index is 12.0. The number of anilines is 1. The van der Waals surface area contributed by atoms with Gasteiger partial charge in [0.15, 0.2) is 0 Å². The van der Waals surface area contributed by atoms with Crippen LogP contribution in [-0.2, 0) is 0 Å². The second-order valence-corrected chi connectivity index (χ2v) is 4.98. The quantitative estimate of drug-likeness (QED) is 0.882. The van der Waals surface area contributed by atoms with Crippen LogP contribution in [0.5, 0.6) is 5.75 Å². The summed E-state index contributed by atoms with van der Waals surface area (Å²) < 4.78 is 6.11. The fraction of sp³-hybridized carbons (Fsp3) is 0.133. The normalized spacial score (nSPS) is 10.1. The van der Waals surface area contributed by atoms with Crippen LogP contribution >= 0.6 is 15.9 Å². The number of rotatable bonds is 5. The zero-order chi connectivity index (χ0) is 14.4. The van der Waals surface area contributed by atoms with Crippen molar-refractivity contribution in [2.75, 3.05) is 18.5 Å². The Balaban J connectivity index is 2.01. The summed E-state index contributed by atoms with van der Waals surface area (Å²) in [5.74, 6) is 0.481. The molecule has 1 amide bonds. The van der Waals surface area contributed by atoms with Crippen molar-refractivity contribution < 1.29 is 14.6 Å². The predicted octanol–water partition coefficient (Wildman–Crippen LogP) is 3.07. The first-order valence-electron chi connectivity index (χ1n) is 6.09. The third-order valence-electron chi connectivity index (χ3n) is 2.56. The van der Waals surface area contributed by atoms with E-state index in [1.807, 2.05) is 12.1 Å². The molecule has 0 spiro atoms. The van der Waals surface area contributed by atoms with Crippen molar-refractivity contribution >= 4 is 27.5 Å². The first-order valence-corrected chi connectivity index (χ1v) is 6.89. The summed E-state index contributed by atoms with van der Waals surface area (Å²) in [5.41, 5.74) is 1.27. The minimum Gasteiger partial charge on any atom is -0.491 e. The van der Waals surface area contributed by atoms with Gasteiger partial charge >= 0.3 is 0 Å². The number of hydrogen-bond donors (Lipinski definition) is 2. The Morgan fingerprint density at radius 3 is 2.60 bits per heavy atom. The van der Waals surface area contributed by atoms with Crippen LogP contribution in [0.4, 0.5) is 5.69 Å². The monoisotopic (exact) mass is 335 g/mol. The van der Waals surface area contributed by atoms with E-state index in [9.17, 15) is 4.79 Å². The molecule has 2 rings (SSSR count). The highest BCUT2D eigenvalue weighted by Crippen LogP contribution is 2.17. The molecule has 0 radical (unpaired) electrons. The van der Waals surface area contributed by atoms with Crippen LogP contribution in [0.25, 0.3) is 0 Å². The fourth-order valence-corrected chi connectivity index (χ4v) is 2.03. The van der Waals surface area contributed by atoms with Gasteiger partial charge in [-0.3, -0.25) is 4.79 Å². The third-order valence-corrected chi connectivity index (χ3v) is 3.05. The first-order chi connectivity index (χ1) is 9.69. The largest absolute Gasteiger partial charge is 0.491 e. The molecule has 0 unspecified atom stereocenters. The fourth-order valence-electron chi connectivity index (χ4n) is 1.63. The van der Waals surface area contributed by atoms with E-state index in [-0.39, 0.29) is 19.1 Å². The van der Waals surface area contributed by atoms with Gasteiger partial charge in [0.05, 0.1) is 6.61 Å². The van der Waals surface area contributed by atoms with Gasteiger partial charge in [-0.2, -0.15) is 0 Å². The van der Waals surface area contributed by atoms with E-state index in [1.54, 1.807) is 36.4 Å². The molecular weight excluding hydrogens is 322 g/mol. The Kier molecular flexibility index (Phi) is 5.15. The second-order valence-electron chi connectivity index (χ2n) is 4.06. The van der Waals surface area contributed by atoms with Crippen LogP contribution in [0.2, 0.25) is 0 Å². The Morgan fingerprint density at radius 2 is 1.95 bits per heavy atom. The van der Waals surface area contributed by atoms with Gasteiger partial charge in [-0.25, -0.2) is 0 Å². The van der Waals surface area contributed by atoms with E-state index in [0.29, 0.717) is 17.0 Å². The summed E-state index contributed by atoms with van der Waals surface area (Å²) in [6, 6.07) is 14.2. The van der Waals surface area contributed by atoms with E-state index >= 15 is 0 Å². The van der Waals surface area contributed by atoms with Crippen LogP contribution in [0.15, 0.2) is 53.0 Å². The average molecular weight is 336 g/mol. The van der Waals surface area contributed by atoms with Crippen LogP contribution in [0.1, 0.15) is 10.4 Å². The van der Waals surface area contributed by atoms with Gasteiger partial charge in [-0.15, -0.1) is 0 Å². The molecule has 20 heavy (non-hydrogen) atoms. The van der Waals surface area contributed by atoms with Crippen LogP contribution in [0.3, 0.4) is 0 Å². The van der Waals surface area contributed by atoms with Gasteiger partial charge in [0.1, 0.15) is 12.4 Å². The van der Waals surface area contributed by atoms with Gasteiger partial charge in [0.2, 0.25) is 0 Å². The van der Waals surface area contributed by atoms with Crippen molar-refractivity contribution in [2.24, 2.45) is 0 Å². The number of aliphatic hydroxyl groups excluding tert-OH is 1. The lowest BCUT2D eigenvalue weighted by Crippen LogP contribution is -2.11. The second kappa shape index (κ2) is 7.07. The van der Waals surface area contributed by atoms with Gasteiger partial charge < -0.3 is 15.2 Å². The van der Waals surface area contributed by atoms with Crippen molar-refractivity contribution in [1.29, 1.82) is 0 Å². The Morgan fingerprint density at radius 1 is 1.20 bits per heavy atom. The van der Waals surface area contributed by atoms with Crippen molar-refractivity contribution in [3.05, 3.63) is 58.6 Å². The summed E-state index contributed by atoms with van der Waals surface area (Å²) >= 11 is 3.33. The molecule has 0 aliphatic carbocycles. The molecule has 4 nitrogen and oxygen atoms in total. The summed E-state index contributed by atoms with van der Waals surface area (Å²) in [6.45, 7) is 0.227. The number of ether oxygens (including phenoxy) is 1. The standard InChI is InChI=1S/C15H14BrNO3/c16-12-3-1-2-11(10-12)15(19)17-13-4-6-14(7-5-13)20-9-8-18/h1-7,10,18H,8-9H2,(H,17,19). The van der Waals surface area contributed by atoms with E-state index < -0.39 is 0 Å². The number of carbonyl (C=O) groups is 1. The number of benzene rings is 2. The molecule has 0 aliphatic heterocycles. The highest BCUT2D eigenvalue weighted by Gasteiger charge is 2.06. The van der Waals surface area contributed by atoms with Crippen molar-refractivity contribution in [3.63, 3.8) is 0 Å². The van der Waals surface area contributed by atoms with Crippen molar-refractivity contribution in [3.8, 4) is 5.75 Å². The van der Waals surface area contributed by atoms with Crippen molar-refractivity contribution in [1.82, 2.24) is 0 Å². The molecule has 0 aliphatic rings. The number of halogens is 1. The zero-order valence-electron chi connectivity index (χ0n) is 10.7. The number of amides is 1. The highest BCUT2D eigenvalue weighted by atomic mass is 79.9. The van der Waals surface area contributed by atoms with E-state index in [4.69, 9.17) is 9.84 Å².